The number of aromatic nitrogens is 3. The molecule has 1 aliphatic rings. The topological polar surface area (TPSA) is 62.5 Å². The third kappa shape index (κ3) is 3.93. The lowest BCUT2D eigenvalue weighted by atomic mass is 9.99. The zero-order valence-corrected chi connectivity index (χ0v) is 18.5. The van der Waals surface area contributed by atoms with Gasteiger partial charge in [0.15, 0.2) is 4.96 Å². The molecule has 7 heteroatoms. The van der Waals surface area contributed by atoms with Gasteiger partial charge in [-0.2, -0.15) is 0 Å². The molecular formula is C24H25N5OS. The molecule has 1 saturated heterocycles. The van der Waals surface area contributed by atoms with Crippen molar-refractivity contribution in [2.45, 2.75) is 26.7 Å². The smallest absolute Gasteiger partial charge is 0.267 e. The Morgan fingerprint density at radius 2 is 1.90 bits per heavy atom. The van der Waals surface area contributed by atoms with Crippen LogP contribution in [0.25, 0.3) is 16.2 Å². The van der Waals surface area contributed by atoms with Crippen molar-refractivity contribution in [1.29, 1.82) is 0 Å². The fourth-order valence-corrected chi connectivity index (χ4v) is 4.99. The highest BCUT2D eigenvalue weighted by atomic mass is 32.1. The Bertz CT molecular complexity index is 1200. The molecule has 0 aliphatic carbocycles. The van der Waals surface area contributed by atoms with Crippen molar-refractivity contribution in [1.82, 2.24) is 14.4 Å². The van der Waals surface area contributed by atoms with Gasteiger partial charge in [-0.05, 0) is 37.8 Å². The molecule has 3 aromatic heterocycles. The lowest BCUT2D eigenvalue weighted by Gasteiger charge is -2.31. The fraction of sp³-hybridized carbons (Fsp3) is 0.292. The van der Waals surface area contributed by atoms with Gasteiger partial charge in [-0.1, -0.05) is 48.6 Å². The van der Waals surface area contributed by atoms with Gasteiger partial charge in [0, 0.05) is 30.5 Å². The van der Waals surface area contributed by atoms with Crippen molar-refractivity contribution in [3.05, 3.63) is 65.4 Å². The number of hydrogen-bond acceptors (Lipinski definition) is 5. The number of hydrogen-bond donors (Lipinski definition) is 1. The second-order valence-electron chi connectivity index (χ2n) is 8.19. The second kappa shape index (κ2) is 8.15. The van der Waals surface area contributed by atoms with Crippen LogP contribution in [-0.4, -0.2) is 33.4 Å². The van der Waals surface area contributed by atoms with Gasteiger partial charge in [0.2, 0.25) is 0 Å². The molecule has 4 heterocycles. The van der Waals surface area contributed by atoms with Crippen molar-refractivity contribution in [3.8, 4) is 11.3 Å². The summed E-state index contributed by atoms with van der Waals surface area (Å²) in [7, 11) is 0. The van der Waals surface area contributed by atoms with Gasteiger partial charge >= 0.3 is 0 Å². The third-order valence-corrected chi connectivity index (χ3v) is 7.10. The van der Waals surface area contributed by atoms with E-state index < -0.39 is 0 Å². The third-order valence-electron chi connectivity index (χ3n) is 5.95. The quantitative estimate of drug-likeness (QED) is 0.479. The molecule has 1 amide bonds. The van der Waals surface area contributed by atoms with Crippen LogP contribution in [0.3, 0.4) is 0 Å². The zero-order valence-electron chi connectivity index (χ0n) is 17.7. The van der Waals surface area contributed by atoms with Gasteiger partial charge < -0.3 is 10.2 Å². The van der Waals surface area contributed by atoms with Crippen LogP contribution in [0.5, 0.6) is 0 Å². The number of amides is 1. The number of anilines is 2. The first-order chi connectivity index (χ1) is 15.1. The SMILES string of the molecule is Cc1c(C(=O)Nc2ccc(N3CCC(C)CC3)nc2)sc2nc(-c3ccccc3)cn12. The molecule has 1 N–H and O–H groups in total. The van der Waals surface area contributed by atoms with Gasteiger partial charge in [0.05, 0.1) is 17.6 Å². The summed E-state index contributed by atoms with van der Waals surface area (Å²) in [6.07, 6.45) is 6.13. The van der Waals surface area contributed by atoms with Gasteiger partial charge in [0.1, 0.15) is 10.7 Å². The van der Waals surface area contributed by atoms with E-state index >= 15 is 0 Å². The molecule has 0 radical (unpaired) electrons. The minimum absolute atomic E-state index is 0.129. The molecule has 6 nitrogen and oxygen atoms in total. The highest BCUT2D eigenvalue weighted by Gasteiger charge is 2.19. The average Bonchev–Trinajstić information content (AvgIpc) is 3.35. The van der Waals surface area contributed by atoms with Gasteiger partial charge in [-0.3, -0.25) is 9.20 Å². The Kier molecular flexibility index (Phi) is 5.19. The number of benzene rings is 1. The molecule has 4 aromatic rings. The van der Waals surface area contributed by atoms with Crippen LogP contribution in [0.15, 0.2) is 54.9 Å². The molecule has 0 unspecified atom stereocenters. The zero-order chi connectivity index (χ0) is 21.4. The molecular weight excluding hydrogens is 406 g/mol. The van der Waals surface area contributed by atoms with E-state index in [-0.39, 0.29) is 5.91 Å². The Hall–Kier alpha value is -3.19. The van der Waals surface area contributed by atoms with E-state index in [2.05, 4.69) is 22.1 Å². The maximum Gasteiger partial charge on any atom is 0.267 e. The van der Waals surface area contributed by atoms with E-state index in [4.69, 9.17) is 4.98 Å². The summed E-state index contributed by atoms with van der Waals surface area (Å²) >= 11 is 1.40. The molecule has 31 heavy (non-hydrogen) atoms. The Balaban J connectivity index is 1.31. The normalized spacial score (nSPS) is 14.8. The minimum atomic E-state index is -0.129. The Morgan fingerprint density at radius 3 is 2.58 bits per heavy atom. The second-order valence-corrected chi connectivity index (χ2v) is 9.17. The fourth-order valence-electron chi connectivity index (χ4n) is 3.98. The van der Waals surface area contributed by atoms with Gasteiger partial charge in [-0.25, -0.2) is 9.97 Å². The number of rotatable bonds is 4. The first kappa shape index (κ1) is 19.8. The average molecular weight is 432 g/mol. The summed E-state index contributed by atoms with van der Waals surface area (Å²) in [5, 5.41) is 2.98. The van der Waals surface area contributed by atoms with Crippen LogP contribution < -0.4 is 10.2 Å². The van der Waals surface area contributed by atoms with Gasteiger partial charge in [0.25, 0.3) is 5.91 Å². The number of thiazole rings is 1. The van der Waals surface area contributed by atoms with Crippen LogP contribution in [0, 0.1) is 12.8 Å². The summed E-state index contributed by atoms with van der Waals surface area (Å²) in [4.78, 5) is 26.0. The summed E-state index contributed by atoms with van der Waals surface area (Å²) in [5.74, 6) is 1.63. The standard InChI is InChI=1S/C24H25N5OS/c1-16-10-12-28(13-11-16)21-9-8-19(14-25-21)26-23(30)22-17(2)29-15-20(27-24(29)31-22)18-6-4-3-5-7-18/h3-9,14-16H,10-13H2,1-2H3,(H,26,30). The van der Waals surface area contributed by atoms with Crippen LogP contribution >= 0.6 is 11.3 Å². The largest absolute Gasteiger partial charge is 0.357 e. The van der Waals surface area contributed by atoms with Crippen molar-refractivity contribution >= 4 is 33.7 Å². The highest BCUT2D eigenvalue weighted by molar-refractivity contribution is 7.19. The first-order valence-corrected chi connectivity index (χ1v) is 11.5. The predicted octanol–water partition coefficient (Wildman–Crippen LogP) is 5.25. The van der Waals surface area contributed by atoms with E-state index in [1.807, 2.05) is 60.0 Å². The molecule has 0 spiro atoms. The summed E-state index contributed by atoms with van der Waals surface area (Å²) in [6, 6.07) is 14.0. The van der Waals surface area contributed by atoms with Crippen molar-refractivity contribution in [2.24, 2.45) is 5.92 Å². The van der Waals surface area contributed by atoms with Crippen LogP contribution in [0.4, 0.5) is 11.5 Å². The van der Waals surface area contributed by atoms with Crippen LogP contribution in [0.2, 0.25) is 0 Å². The maximum atomic E-state index is 12.9. The van der Waals surface area contributed by atoms with Crippen LogP contribution in [-0.2, 0) is 0 Å². The molecule has 0 atom stereocenters. The predicted molar refractivity (Wildman–Crippen MR) is 126 cm³/mol. The lowest BCUT2D eigenvalue weighted by Crippen LogP contribution is -2.33. The number of carbonyl (C=O) groups excluding carboxylic acids is 1. The van der Waals surface area contributed by atoms with E-state index in [1.165, 1.54) is 24.2 Å². The van der Waals surface area contributed by atoms with Crippen molar-refractivity contribution in [2.75, 3.05) is 23.3 Å². The molecule has 158 valence electrons. The number of piperidine rings is 1. The molecule has 0 bridgehead atoms. The highest BCUT2D eigenvalue weighted by Crippen LogP contribution is 2.28. The molecule has 1 aromatic carbocycles. The summed E-state index contributed by atoms with van der Waals surface area (Å²) in [5.41, 5.74) is 3.57. The number of nitrogens with one attached hydrogen (secondary N) is 1. The molecule has 0 saturated carbocycles. The summed E-state index contributed by atoms with van der Waals surface area (Å²) < 4.78 is 1.99. The van der Waals surface area contributed by atoms with E-state index in [0.717, 1.165) is 46.7 Å². The van der Waals surface area contributed by atoms with Crippen molar-refractivity contribution < 1.29 is 4.79 Å². The van der Waals surface area contributed by atoms with E-state index in [9.17, 15) is 4.79 Å². The van der Waals surface area contributed by atoms with Crippen molar-refractivity contribution in [3.63, 3.8) is 0 Å². The number of pyridine rings is 1. The first-order valence-electron chi connectivity index (χ1n) is 10.6. The van der Waals surface area contributed by atoms with E-state index in [0.29, 0.717) is 10.6 Å². The Labute approximate surface area is 185 Å². The number of fused-ring (bicyclic) bond motifs is 1. The molecule has 5 rings (SSSR count). The number of aryl methyl sites for hydroxylation is 1. The number of carbonyl (C=O) groups is 1. The van der Waals surface area contributed by atoms with Gasteiger partial charge in [-0.15, -0.1) is 0 Å². The molecule has 1 aliphatic heterocycles. The number of imidazole rings is 1. The van der Waals surface area contributed by atoms with Crippen LogP contribution in [0.1, 0.15) is 35.1 Å². The molecule has 1 fully saturated rings. The summed E-state index contributed by atoms with van der Waals surface area (Å²) in [6.45, 7) is 6.33. The minimum Gasteiger partial charge on any atom is -0.357 e. The Morgan fingerprint density at radius 1 is 1.13 bits per heavy atom. The number of nitrogens with zero attached hydrogens (tertiary/aromatic N) is 4. The van der Waals surface area contributed by atoms with E-state index in [1.54, 1.807) is 6.20 Å². The maximum absolute atomic E-state index is 12.9. The monoisotopic (exact) mass is 431 g/mol. The lowest BCUT2D eigenvalue weighted by molar-refractivity contribution is 0.102.